The van der Waals surface area contributed by atoms with Crippen LogP contribution in [-0.2, 0) is 12.8 Å². The first kappa shape index (κ1) is 17.4. The van der Waals surface area contributed by atoms with Crippen LogP contribution in [0.4, 0.5) is 5.69 Å². The lowest BCUT2D eigenvalue weighted by molar-refractivity contribution is -0.384. The highest BCUT2D eigenvalue weighted by Gasteiger charge is 2.19. The van der Waals surface area contributed by atoms with Crippen LogP contribution in [0, 0.1) is 10.1 Å². The van der Waals surface area contributed by atoms with E-state index in [9.17, 15) is 14.9 Å². The molecule has 130 valence electrons. The van der Waals surface area contributed by atoms with Crippen LogP contribution in [0.2, 0.25) is 5.02 Å². The molecule has 2 aromatic rings. The average Bonchev–Trinajstić information content (AvgIpc) is 2.61. The van der Waals surface area contributed by atoms with Gasteiger partial charge in [0.25, 0.3) is 11.6 Å². The number of nitrogens with one attached hydrogen (secondary N) is 1. The van der Waals surface area contributed by atoms with Gasteiger partial charge in [0.1, 0.15) is 0 Å². The van der Waals surface area contributed by atoms with Gasteiger partial charge in [0.05, 0.1) is 21.6 Å². The van der Waals surface area contributed by atoms with E-state index in [1.165, 1.54) is 42.2 Å². The Morgan fingerprint density at radius 2 is 1.88 bits per heavy atom. The highest BCUT2D eigenvalue weighted by molar-refractivity contribution is 6.33. The maximum Gasteiger partial charge on any atom is 0.270 e. The van der Waals surface area contributed by atoms with Crippen molar-refractivity contribution in [2.24, 2.45) is 0 Å². The largest absolute Gasteiger partial charge is 0.345 e. The zero-order valence-corrected chi connectivity index (χ0v) is 14.7. The van der Waals surface area contributed by atoms with Crippen LogP contribution in [-0.4, -0.2) is 10.8 Å². The first-order chi connectivity index (χ1) is 12.0. The standard InChI is InChI=1S/C19H19ClN2O3/c1-12(14-7-6-13-4-2-3-5-15(13)10-14)21-19(23)17-11-16(22(24)25)8-9-18(17)20/h6-12H,2-5H2,1H3,(H,21,23)/t12-/m0/s1. The molecule has 0 saturated carbocycles. The van der Waals surface area contributed by atoms with Crippen LogP contribution >= 0.6 is 11.6 Å². The second-order valence-corrected chi connectivity index (χ2v) is 6.76. The Kier molecular flexibility index (Phi) is 5.04. The molecule has 0 aliphatic heterocycles. The molecule has 6 heteroatoms. The predicted octanol–water partition coefficient (Wildman–Crippen LogP) is 4.62. The van der Waals surface area contributed by atoms with E-state index in [0.29, 0.717) is 0 Å². The lowest BCUT2D eigenvalue weighted by Gasteiger charge is -2.20. The normalized spacial score (nSPS) is 14.5. The molecule has 0 bridgehead atoms. The molecular weight excluding hydrogens is 340 g/mol. The van der Waals surface area contributed by atoms with Gasteiger partial charge in [-0.05, 0) is 55.4 Å². The Balaban J connectivity index is 1.79. The van der Waals surface area contributed by atoms with Crippen LogP contribution in [0.25, 0.3) is 0 Å². The number of carbonyl (C=O) groups excluding carboxylic acids is 1. The summed E-state index contributed by atoms with van der Waals surface area (Å²) in [6.45, 7) is 1.90. The molecule has 0 spiro atoms. The number of carbonyl (C=O) groups is 1. The fraction of sp³-hybridized carbons (Fsp3) is 0.316. The van der Waals surface area contributed by atoms with E-state index in [0.717, 1.165) is 18.4 Å². The first-order valence-corrected chi connectivity index (χ1v) is 8.70. The Hall–Kier alpha value is -2.40. The third kappa shape index (κ3) is 3.82. The Morgan fingerprint density at radius 3 is 2.60 bits per heavy atom. The number of nitrogens with zero attached hydrogens (tertiary/aromatic N) is 1. The van der Waals surface area contributed by atoms with Crippen LogP contribution in [0.1, 0.15) is 52.9 Å². The SMILES string of the molecule is C[C@H](NC(=O)c1cc([N+](=O)[O-])ccc1Cl)c1ccc2c(c1)CCCC2. The molecule has 0 aromatic heterocycles. The zero-order chi connectivity index (χ0) is 18.0. The van der Waals surface area contributed by atoms with Crippen molar-refractivity contribution in [3.63, 3.8) is 0 Å². The van der Waals surface area contributed by atoms with E-state index in [4.69, 9.17) is 11.6 Å². The zero-order valence-electron chi connectivity index (χ0n) is 13.9. The van der Waals surface area contributed by atoms with E-state index in [1.807, 2.05) is 13.0 Å². The summed E-state index contributed by atoms with van der Waals surface area (Å²) in [6, 6.07) is 9.96. The summed E-state index contributed by atoms with van der Waals surface area (Å²) >= 11 is 6.04. The van der Waals surface area contributed by atoms with Crippen molar-refractivity contribution < 1.29 is 9.72 Å². The molecule has 1 amide bonds. The molecule has 0 radical (unpaired) electrons. The van der Waals surface area contributed by atoms with E-state index >= 15 is 0 Å². The highest BCUT2D eigenvalue weighted by Crippen LogP contribution is 2.26. The van der Waals surface area contributed by atoms with Gasteiger partial charge in [0.15, 0.2) is 0 Å². The van der Waals surface area contributed by atoms with Crippen molar-refractivity contribution >= 4 is 23.2 Å². The molecule has 0 fully saturated rings. The summed E-state index contributed by atoms with van der Waals surface area (Å²) in [7, 11) is 0. The lowest BCUT2D eigenvalue weighted by atomic mass is 9.89. The second kappa shape index (κ2) is 7.23. The summed E-state index contributed by atoms with van der Waals surface area (Å²) in [5.74, 6) is -0.418. The molecule has 0 heterocycles. The number of halogens is 1. The smallest absolute Gasteiger partial charge is 0.270 e. The molecule has 1 aliphatic rings. The number of rotatable bonds is 4. The van der Waals surface area contributed by atoms with E-state index in [-0.39, 0.29) is 22.3 Å². The number of nitro benzene ring substituents is 1. The van der Waals surface area contributed by atoms with Crippen molar-refractivity contribution in [2.75, 3.05) is 0 Å². The van der Waals surface area contributed by atoms with Gasteiger partial charge < -0.3 is 5.32 Å². The van der Waals surface area contributed by atoms with Crippen LogP contribution < -0.4 is 5.32 Å². The van der Waals surface area contributed by atoms with Crippen LogP contribution in [0.15, 0.2) is 36.4 Å². The minimum absolute atomic E-state index is 0.112. The monoisotopic (exact) mass is 358 g/mol. The minimum atomic E-state index is -0.542. The maximum atomic E-state index is 12.5. The summed E-state index contributed by atoms with van der Waals surface area (Å²) in [5, 5.41) is 14.0. The molecule has 5 nitrogen and oxygen atoms in total. The van der Waals surface area contributed by atoms with Gasteiger partial charge in [-0.2, -0.15) is 0 Å². The van der Waals surface area contributed by atoms with Crippen molar-refractivity contribution in [1.29, 1.82) is 0 Å². The molecule has 25 heavy (non-hydrogen) atoms. The number of hydrogen-bond donors (Lipinski definition) is 1. The van der Waals surface area contributed by atoms with Gasteiger partial charge in [0, 0.05) is 12.1 Å². The molecule has 0 saturated heterocycles. The first-order valence-electron chi connectivity index (χ1n) is 8.32. The molecule has 3 rings (SSSR count). The van der Waals surface area contributed by atoms with E-state index in [2.05, 4.69) is 17.4 Å². The van der Waals surface area contributed by atoms with Crippen LogP contribution in [0.3, 0.4) is 0 Å². The Labute approximate surface area is 151 Å². The van der Waals surface area contributed by atoms with Gasteiger partial charge in [-0.15, -0.1) is 0 Å². The van der Waals surface area contributed by atoms with Crippen molar-refractivity contribution in [1.82, 2.24) is 5.32 Å². The van der Waals surface area contributed by atoms with Crippen molar-refractivity contribution in [3.05, 3.63) is 73.8 Å². The molecule has 1 atom stereocenters. The number of fused-ring (bicyclic) bond motifs is 1. The third-order valence-corrected chi connectivity index (χ3v) is 4.96. The minimum Gasteiger partial charge on any atom is -0.345 e. The summed E-state index contributed by atoms with van der Waals surface area (Å²) in [5.41, 5.74) is 3.71. The molecule has 1 aliphatic carbocycles. The number of non-ortho nitro benzene ring substituents is 1. The second-order valence-electron chi connectivity index (χ2n) is 6.35. The fourth-order valence-corrected chi connectivity index (χ4v) is 3.38. The average molecular weight is 359 g/mol. The van der Waals surface area contributed by atoms with Crippen LogP contribution in [0.5, 0.6) is 0 Å². The number of benzene rings is 2. The lowest BCUT2D eigenvalue weighted by Crippen LogP contribution is -2.27. The summed E-state index contributed by atoms with van der Waals surface area (Å²) in [6.07, 6.45) is 4.60. The van der Waals surface area contributed by atoms with Gasteiger partial charge >= 0.3 is 0 Å². The van der Waals surface area contributed by atoms with Crippen molar-refractivity contribution in [2.45, 2.75) is 38.6 Å². The molecular formula is C19H19ClN2O3. The predicted molar refractivity (Wildman–Crippen MR) is 97.1 cm³/mol. The summed E-state index contributed by atoms with van der Waals surface area (Å²) in [4.78, 5) is 22.9. The van der Waals surface area contributed by atoms with Gasteiger partial charge in [-0.25, -0.2) is 0 Å². The molecule has 0 unspecified atom stereocenters. The highest BCUT2D eigenvalue weighted by atomic mass is 35.5. The molecule has 2 aromatic carbocycles. The maximum absolute atomic E-state index is 12.5. The van der Waals surface area contributed by atoms with Gasteiger partial charge in [-0.3, -0.25) is 14.9 Å². The van der Waals surface area contributed by atoms with E-state index < -0.39 is 10.8 Å². The van der Waals surface area contributed by atoms with Gasteiger partial charge in [-0.1, -0.05) is 29.8 Å². The number of aryl methyl sites for hydroxylation is 2. The van der Waals surface area contributed by atoms with Crippen molar-refractivity contribution in [3.8, 4) is 0 Å². The Bertz CT molecular complexity index is 835. The fourth-order valence-electron chi connectivity index (χ4n) is 3.18. The third-order valence-electron chi connectivity index (χ3n) is 4.63. The number of amides is 1. The number of hydrogen-bond acceptors (Lipinski definition) is 3. The number of nitro groups is 1. The van der Waals surface area contributed by atoms with E-state index in [1.54, 1.807) is 0 Å². The summed E-state index contributed by atoms with van der Waals surface area (Å²) < 4.78 is 0. The molecule has 1 N–H and O–H groups in total. The quantitative estimate of drug-likeness (QED) is 0.640. The Morgan fingerprint density at radius 1 is 1.16 bits per heavy atom. The topological polar surface area (TPSA) is 72.2 Å². The van der Waals surface area contributed by atoms with Gasteiger partial charge in [0.2, 0.25) is 0 Å².